The monoisotopic (exact) mass is 425 g/mol. The Balaban J connectivity index is 1.65. The molecule has 140 valence electrons. The third kappa shape index (κ3) is 4.17. The summed E-state index contributed by atoms with van der Waals surface area (Å²) in [6.45, 7) is 0. The summed E-state index contributed by atoms with van der Waals surface area (Å²) in [7, 11) is -3.71. The minimum Gasteiger partial charge on any atom is -0.278 e. The van der Waals surface area contributed by atoms with Crippen molar-refractivity contribution in [2.45, 2.75) is 14.7 Å². The number of anilines is 1. The lowest BCUT2D eigenvalue weighted by Crippen LogP contribution is -2.13. The number of hydrogen-bond acceptors (Lipinski definition) is 3. The number of para-hydroxylation sites is 1. The van der Waals surface area contributed by atoms with Crippen LogP contribution in [0.25, 0.3) is 10.8 Å². The summed E-state index contributed by atoms with van der Waals surface area (Å²) in [5.41, 5.74) is 0.538. The highest BCUT2D eigenvalue weighted by Gasteiger charge is 2.17. The number of halogens is 1. The highest BCUT2D eigenvalue weighted by Crippen LogP contribution is 2.35. The smallest absolute Gasteiger partial charge is 0.261 e. The fourth-order valence-corrected chi connectivity index (χ4v) is 5.01. The van der Waals surface area contributed by atoms with E-state index in [-0.39, 0.29) is 4.90 Å². The third-order valence-electron chi connectivity index (χ3n) is 4.20. The Morgan fingerprint density at radius 1 is 0.750 bits per heavy atom. The van der Waals surface area contributed by atoms with Gasteiger partial charge in [-0.05, 0) is 59.3 Å². The van der Waals surface area contributed by atoms with E-state index in [1.807, 2.05) is 72.8 Å². The molecule has 4 aromatic rings. The summed E-state index contributed by atoms with van der Waals surface area (Å²) in [6.07, 6.45) is 0. The van der Waals surface area contributed by atoms with E-state index in [1.54, 1.807) is 18.2 Å². The van der Waals surface area contributed by atoms with Crippen molar-refractivity contribution in [1.82, 2.24) is 0 Å². The van der Waals surface area contributed by atoms with Gasteiger partial charge in [0.15, 0.2) is 0 Å². The Morgan fingerprint density at radius 3 is 2.21 bits per heavy atom. The van der Waals surface area contributed by atoms with E-state index in [0.717, 1.165) is 20.6 Å². The van der Waals surface area contributed by atoms with Crippen LogP contribution in [0.15, 0.2) is 106 Å². The van der Waals surface area contributed by atoms with Crippen molar-refractivity contribution in [3.8, 4) is 0 Å². The third-order valence-corrected chi connectivity index (χ3v) is 6.90. The van der Waals surface area contributed by atoms with Crippen molar-refractivity contribution in [2.24, 2.45) is 0 Å². The molecule has 4 rings (SSSR count). The maximum absolute atomic E-state index is 13.0. The molecule has 0 aliphatic heterocycles. The number of nitrogens with one attached hydrogen (secondary N) is 1. The largest absolute Gasteiger partial charge is 0.278 e. The molecule has 0 aliphatic carbocycles. The predicted molar refractivity (Wildman–Crippen MR) is 117 cm³/mol. The Labute approximate surface area is 173 Å². The van der Waals surface area contributed by atoms with Crippen molar-refractivity contribution in [2.75, 3.05) is 4.72 Å². The summed E-state index contributed by atoms with van der Waals surface area (Å²) in [6, 6.07) is 27.6. The highest BCUT2D eigenvalue weighted by atomic mass is 35.5. The van der Waals surface area contributed by atoms with E-state index in [4.69, 9.17) is 11.6 Å². The van der Waals surface area contributed by atoms with Gasteiger partial charge in [-0.15, -0.1) is 0 Å². The molecule has 0 aliphatic rings. The van der Waals surface area contributed by atoms with Gasteiger partial charge in [0.05, 0.1) is 10.6 Å². The summed E-state index contributed by atoms with van der Waals surface area (Å²) in [4.78, 5) is 2.02. The Kier molecular flexibility index (Phi) is 5.31. The fourth-order valence-electron chi connectivity index (χ4n) is 2.81. The highest BCUT2D eigenvalue weighted by molar-refractivity contribution is 7.99. The van der Waals surface area contributed by atoms with Gasteiger partial charge in [-0.1, -0.05) is 65.8 Å². The summed E-state index contributed by atoms with van der Waals surface area (Å²) in [5.74, 6) is 0. The van der Waals surface area contributed by atoms with Crippen LogP contribution in [0.4, 0.5) is 5.69 Å². The lowest BCUT2D eigenvalue weighted by molar-refractivity contribution is 0.601. The van der Waals surface area contributed by atoms with Gasteiger partial charge in [-0.2, -0.15) is 0 Å². The number of hydrogen-bond donors (Lipinski definition) is 1. The second-order valence-corrected chi connectivity index (χ2v) is 9.40. The lowest BCUT2D eigenvalue weighted by Gasteiger charge is -2.13. The van der Waals surface area contributed by atoms with Gasteiger partial charge >= 0.3 is 0 Å². The van der Waals surface area contributed by atoms with E-state index >= 15 is 0 Å². The molecular formula is C22H16ClNO2S2. The van der Waals surface area contributed by atoms with E-state index in [2.05, 4.69) is 4.72 Å². The van der Waals surface area contributed by atoms with Gasteiger partial charge in [-0.3, -0.25) is 4.72 Å². The quantitative estimate of drug-likeness (QED) is 0.400. The first-order chi connectivity index (χ1) is 13.5. The molecule has 0 aromatic heterocycles. The molecule has 0 radical (unpaired) electrons. The molecule has 6 heteroatoms. The number of rotatable bonds is 5. The van der Waals surface area contributed by atoms with Crippen molar-refractivity contribution >= 4 is 49.8 Å². The zero-order valence-corrected chi connectivity index (χ0v) is 17.1. The van der Waals surface area contributed by atoms with Gasteiger partial charge in [0.25, 0.3) is 10.0 Å². The predicted octanol–water partition coefficient (Wildman–Crippen LogP) is 6.45. The van der Waals surface area contributed by atoms with Crippen LogP contribution in [0, 0.1) is 0 Å². The van der Waals surface area contributed by atoms with Crippen molar-refractivity contribution in [3.05, 3.63) is 96.0 Å². The molecule has 28 heavy (non-hydrogen) atoms. The van der Waals surface area contributed by atoms with Crippen LogP contribution in [-0.2, 0) is 10.0 Å². The molecule has 0 atom stereocenters. The van der Waals surface area contributed by atoms with Gasteiger partial charge in [0, 0.05) is 14.8 Å². The minimum absolute atomic E-state index is 0.234. The zero-order valence-electron chi connectivity index (χ0n) is 14.7. The molecule has 0 saturated heterocycles. The van der Waals surface area contributed by atoms with Gasteiger partial charge in [0.1, 0.15) is 0 Å². The first-order valence-corrected chi connectivity index (χ1v) is 11.2. The molecule has 3 nitrogen and oxygen atoms in total. The fraction of sp³-hybridized carbons (Fsp3) is 0. The second-order valence-electron chi connectivity index (χ2n) is 6.17. The average Bonchev–Trinajstić information content (AvgIpc) is 2.70. The topological polar surface area (TPSA) is 46.2 Å². The lowest BCUT2D eigenvalue weighted by atomic mass is 10.1. The molecule has 4 aromatic carbocycles. The minimum atomic E-state index is -3.71. The molecule has 0 heterocycles. The van der Waals surface area contributed by atoms with E-state index in [9.17, 15) is 8.42 Å². The van der Waals surface area contributed by atoms with Crippen molar-refractivity contribution in [1.29, 1.82) is 0 Å². The Hall–Kier alpha value is -2.47. The van der Waals surface area contributed by atoms with E-state index in [1.165, 1.54) is 11.8 Å². The molecule has 0 bridgehead atoms. The van der Waals surface area contributed by atoms with Crippen molar-refractivity contribution < 1.29 is 8.42 Å². The molecule has 0 spiro atoms. The van der Waals surface area contributed by atoms with Crippen LogP contribution in [0.5, 0.6) is 0 Å². The van der Waals surface area contributed by atoms with Crippen LogP contribution in [0.2, 0.25) is 5.02 Å². The molecule has 0 unspecified atom stereocenters. The molecule has 0 amide bonds. The average molecular weight is 426 g/mol. The molecule has 0 fully saturated rings. The zero-order chi connectivity index (χ0) is 19.6. The van der Waals surface area contributed by atoms with Crippen LogP contribution in [0.3, 0.4) is 0 Å². The van der Waals surface area contributed by atoms with Crippen LogP contribution >= 0.6 is 23.4 Å². The first kappa shape index (κ1) is 18.9. The van der Waals surface area contributed by atoms with Crippen LogP contribution in [0.1, 0.15) is 0 Å². The molecule has 1 N–H and O–H groups in total. The van der Waals surface area contributed by atoms with E-state index in [0.29, 0.717) is 10.7 Å². The number of benzene rings is 4. The molecular weight excluding hydrogens is 410 g/mol. The SMILES string of the molecule is O=S(=O)(Nc1ccccc1Sc1ccc(Cl)cc1)c1ccc2ccccc2c1. The van der Waals surface area contributed by atoms with Gasteiger partial charge in [-0.25, -0.2) is 8.42 Å². The summed E-state index contributed by atoms with van der Waals surface area (Å²) < 4.78 is 28.6. The molecule has 0 saturated carbocycles. The number of sulfonamides is 1. The van der Waals surface area contributed by atoms with Crippen molar-refractivity contribution in [3.63, 3.8) is 0 Å². The van der Waals surface area contributed by atoms with Crippen LogP contribution in [-0.4, -0.2) is 8.42 Å². The normalized spacial score (nSPS) is 11.5. The maximum Gasteiger partial charge on any atom is 0.261 e. The van der Waals surface area contributed by atoms with Gasteiger partial charge < -0.3 is 0 Å². The first-order valence-electron chi connectivity index (χ1n) is 8.55. The second kappa shape index (κ2) is 7.87. The number of fused-ring (bicyclic) bond motifs is 1. The maximum atomic E-state index is 13.0. The summed E-state index contributed by atoms with van der Waals surface area (Å²) in [5, 5.41) is 2.55. The Morgan fingerprint density at radius 2 is 1.43 bits per heavy atom. The standard InChI is InChI=1S/C22H16ClNO2S2/c23-18-10-12-19(13-11-18)27-22-8-4-3-7-21(22)24-28(25,26)20-14-9-16-5-1-2-6-17(16)15-20/h1-15,24H. The van der Waals surface area contributed by atoms with Crippen LogP contribution < -0.4 is 4.72 Å². The van der Waals surface area contributed by atoms with Gasteiger partial charge in [0.2, 0.25) is 0 Å². The van der Waals surface area contributed by atoms with E-state index < -0.39 is 10.0 Å². The summed E-state index contributed by atoms with van der Waals surface area (Å²) >= 11 is 7.42. The Bertz CT molecular complexity index is 1240.